The molecule has 0 atom stereocenters. The van der Waals surface area contributed by atoms with Gasteiger partial charge in [-0.05, 0) is 25.0 Å². The molecule has 1 aromatic carbocycles. The fourth-order valence-corrected chi connectivity index (χ4v) is 1.66. The third-order valence-corrected chi connectivity index (χ3v) is 2.49. The van der Waals surface area contributed by atoms with Crippen molar-refractivity contribution in [3.63, 3.8) is 0 Å². The van der Waals surface area contributed by atoms with Gasteiger partial charge in [0.25, 0.3) is 0 Å². The Kier molecular flexibility index (Phi) is 3.18. The van der Waals surface area contributed by atoms with Crippen LogP contribution in [0.1, 0.15) is 24.1 Å². The molecule has 0 saturated carbocycles. The van der Waals surface area contributed by atoms with Crippen LogP contribution < -0.4 is 5.11 Å². The molecule has 0 N–H and O–H groups in total. The predicted molar refractivity (Wildman–Crippen MR) is 59.2 cm³/mol. The van der Waals surface area contributed by atoms with Crippen molar-refractivity contribution in [2.75, 3.05) is 0 Å². The number of para-hydroxylation sites is 2. The number of carboxylic acids is 1. The molecule has 0 amide bonds. The zero-order chi connectivity index (χ0) is 12.3. The SMILES string of the molecule is O=C([O-])CCCC(=O)n1cnc2ccccc21. The van der Waals surface area contributed by atoms with E-state index >= 15 is 0 Å². The third kappa shape index (κ3) is 2.50. The van der Waals surface area contributed by atoms with Gasteiger partial charge in [-0.15, -0.1) is 0 Å². The van der Waals surface area contributed by atoms with Crippen LogP contribution in [0.5, 0.6) is 0 Å². The van der Waals surface area contributed by atoms with Gasteiger partial charge in [0.1, 0.15) is 6.33 Å². The molecular formula is C12H11N2O3-. The first-order valence-electron chi connectivity index (χ1n) is 5.33. The van der Waals surface area contributed by atoms with Gasteiger partial charge in [-0.1, -0.05) is 12.1 Å². The average molecular weight is 231 g/mol. The quantitative estimate of drug-likeness (QED) is 0.772. The van der Waals surface area contributed by atoms with Crippen LogP contribution >= 0.6 is 0 Å². The molecular weight excluding hydrogens is 220 g/mol. The molecule has 0 aliphatic rings. The number of fused-ring (bicyclic) bond motifs is 1. The zero-order valence-corrected chi connectivity index (χ0v) is 9.13. The summed E-state index contributed by atoms with van der Waals surface area (Å²) in [5.74, 6) is -1.28. The second kappa shape index (κ2) is 4.78. The van der Waals surface area contributed by atoms with E-state index in [0.29, 0.717) is 0 Å². The second-order valence-electron chi connectivity index (χ2n) is 3.72. The molecule has 0 radical (unpaired) electrons. The number of nitrogens with zero attached hydrogens (tertiary/aromatic N) is 2. The summed E-state index contributed by atoms with van der Waals surface area (Å²) in [5.41, 5.74) is 1.49. The predicted octanol–water partition coefficient (Wildman–Crippen LogP) is 0.597. The van der Waals surface area contributed by atoms with Crippen molar-refractivity contribution < 1.29 is 14.7 Å². The lowest BCUT2D eigenvalue weighted by atomic mass is 10.2. The second-order valence-corrected chi connectivity index (χ2v) is 3.72. The van der Waals surface area contributed by atoms with Crippen molar-refractivity contribution in [1.82, 2.24) is 9.55 Å². The highest BCUT2D eigenvalue weighted by Crippen LogP contribution is 2.12. The zero-order valence-electron chi connectivity index (χ0n) is 9.13. The molecule has 2 aromatic rings. The van der Waals surface area contributed by atoms with Gasteiger partial charge in [0, 0.05) is 12.4 Å². The van der Waals surface area contributed by atoms with Gasteiger partial charge < -0.3 is 9.90 Å². The first kappa shape index (κ1) is 11.3. The van der Waals surface area contributed by atoms with Crippen molar-refractivity contribution in [3.8, 4) is 0 Å². The molecule has 1 aromatic heterocycles. The van der Waals surface area contributed by atoms with E-state index in [0.717, 1.165) is 11.0 Å². The van der Waals surface area contributed by atoms with Gasteiger partial charge in [-0.2, -0.15) is 0 Å². The number of imidazole rings is 1. The van der Waals surface area contributed by atoms with Crippen LogP contribution in [0.4, 0.5) is 0 Å². The molecule has 0 saturated heterocycles. The van der Waals surface area contributed by atoms with E-state index in [4.69, 9.17) is 0 Å². The van der Waals surface area contributed by atoms with E-state index < -0.39 is 5.97 Å². The summed E-state index contributed by atoms with van der Waals surface area (Å²) in [6, 6.07) is 7.30. The normalized spacial score (nSPS) is 10.6. The number of carbonyl (C=O) groups excluding carboxylic acids is 2. The number of aliphatic carboxylic acids is 1. The summed E-state index contributed by atoms with van der Waals surface area (Å²) in [6.45, 7) is 0. The largest absolute Gasteiger partial charge is 0.550 e. The van der Waals surface area contributed by atoms with Crippen LogP contribution in [0.25, 0.3) is 11.0 Å². The molecule has 2 rings (SSSR count). The van der Waals surface area contributed by atoms with Crippen LogP contribution in [0, 0.1) is 0 Å². The summed E-state index contributed by atoms with van der Waals surface area (Å²) >= 11 is 0. The Bertz CT molecular complexity index is 560. The number of hydrogen-bond donors (Lipinski definition) is 0. The van der Waals surface area contributed by atoms with E-state index in [9.17, 15) is 14.7 Å². The molecule has 5 nitrogen and oxygen atoms in total. The lowest BCUT2D eigenvalue weighted by molar-refractivity contribution is -0.305. The monoisotopic (exact) mass is 231 g/mol. The maximum absolute atomic E-state index is 11.8. The molecule has 0 spiro atoms. The molecule has 0 aliphatic heterocycles. The van der Waals surface area contributed by atoms with Gasteiger partial charge in [-0.3, -0.25) is 9.36 Å². The van der Waals surface area contributed by atoms with Crippen molar-refractivity contribution in [1.29, 1.82) is 0 Å². The third-order valence-electron chi connectivity index (χ3n) is 2.49. The van der Waals surface area contributed by atoms with E-state index in [2.05, 4.69) is 4.98 Å². The van der Waals surface area contributed by atoms with Crippen molar-refractivity contribution >= 4 is 22.9 Å². The van der Waals surface area contributed by atoms with E-state index in [1.807, 2.05) is 18.2 Å². The first-order valence-corrected chi connectivity index (χ1v) is 5.33. The van der Waals surface area contributed by atoms with Gasteiger partial charge in [0.05, 0.1) is 11.0 Å². The maximum atomic E-state index is 11.8. The minimum atomic E-state index is -1.13. The van der Waals surface area contributed by atoms with E-state index in [1.54, 1.807) is 6.07 Å². The van der Waals surface area contributed by atoms with Crippen LogP contribution in [-0.4, -0.2) is 21.4 Å². The van der Waals surface area contributed by atoms with Crippen LogP contribution in [-0.2, 0) is 4.79 Å². The Morgan fingerprint density at radius 2 is 2.00 bits per heavy atom. The highest BCUT2D eigenvalue weighted by molar-refractivity contribution is 5.90. The van der Waals surface area contributed by atoms with Crippen molar-refractivity contribution in [2.24, 2.45) is 0 Å². The minimum Gasteiger partial charge on any atom is -0.550 e. The summed E-state index contributed by atoms with van der Waals surface area (Å²) < 4.78 is 1.45. The molecule has 5 heteroatoms. The topological polar surface area (TPSA) is 75.0 Å². The van der Waals surface area contributed by atoms with E-state index in [-0.39, 0.29) is 25.2 Å². The number of rotatable bonds is 4. The molecule has 17 heavy (non-hydrogen) atoms. The highest BCUT2D eigenvalue weighted by atomic mass is 16.4. The Hall–Kier alpha value is -2.17. The Morgan fingerprint density at radius 1 is 1.24 bits per heavy atom. The molecule has 0 aliphatic carbocycles. The van der Waals surface area contributed by atoms with Gasteiger partial charge in [0.2, 0.25) is 5.91 Å². The fourth-order valence-electron chi connectivity index (χ4n) is 1.66. The molecule has 88 valence electrons. The molecule has 1 heterocycles. The standard InChI is InChI=1S/C12H12N2O3/c15-11(6-3-7-12(16)17)14-8-13-9-4-1-2-5-10(9)14/h1-2,4-5,8H,3,6-7H2,(H,16,17)/p-1. The lowest BCUT2D eigenvalue weighted by Crippen LogP contribution is -2.22. The highest BCUT2D eigenvalue weighted by Gasteiger charge is 2.08. The fraction of sp³-hybridized carbons (Fsp3) is 0.250. The minimum absolute atomic E-state index is 0.0988. The van der Waals surface area contributed by atoms with Crippen molar-refractivity contribution in [3.05, 3.63) is 30.6 Å². The Morgan fingerprint density at radius 3 is 2.76 bits per heavy atom. The summed E-state index contributed by atoms with van der Waals surface area (Å²) in [6.07, 6.45) is 1.83. The molecule has 0 unspecified atom stereocenters. The van der Waals surface area contributed by atoms with Crippen LogP contribution in [0.2, 0.25) is 0 Å². The van der Waals surface area contributed by atoms with Gasteiger partial charge in [0.15, 0.2) is 0 Å². The average Bonchev–Trinajstić information content (AvgIpc) is 2.72. The number of carbonyl (C=O) groups is 2. The Balaban J connectivity index is 2.11. The smallest absolute Gasteiger partial charge is 0.232 e. The molecule has 0 fully saturated rings. The van der Waals surface area contributed by atoms with Crippen LogP contribution in [0.15, 0.2) is 30.6 Å². The number of benzene rings is 1. The van der Waals surface area contributed by atoms with Crippen LogP contribution in [0.3, 0.4) is 0 Å². The summed E-state index contributed by atoms with van der Waals surface area (Å²) in [7, 11) is 0. The maximum Gasteiger partial charge on any atom is 0.232 e. The summed E-state index contributed by atoms with van der Waals surface area (Å²) in [4.78, 5) is 26.1. The number of carboxylic acid groups (broad SMARTS) is 1. The number of hydrogen-bond acceptors (Lipinski definition) is 4. The van der Waals surface area contributed by atoms with Gasteiger partial charge >= 0.3 is 0 Å². The first-order chi connectivity index (χ1) is 8.18. The van der Waals surface area contributed by atoms with Gasteiger partial charge in [-0.25, -0.2) is 4.98 Å². The molecule has 0 bridgehead atoms. The van der Waals surface area contributed by atoms with E-state index in [1.165, 1.54) is 10.9 Å². The number of aromatic nitrogens is 2. The lowest BCUT2D eigenvalue weighted by Gasteiger charge is -2.03. The summed E-state index contributed by atoms with van der Waals surface area (Å²) in [5, 5.41) is 10.2. The Labute approximate surface area is 97.7 Å². The van der Waals surface area contributed by atoms with Crippen molar-refractivity contribution in [2.45, 2.75) is 19.3 Å².